The maximum absolute atomic E-state index is 14.0. The highest BCUT2D eigenvalue weighted by Gasteiger charge is 2.25. The van der Waals surface area contributed by atoms with E-state index in [0.717, 1.165) is 19.3 Å². The molecule has 1 heterocycles. The fourth-order valence-electron chi connectivity index (χ4n) is 2.82. The summed E-state index contributed by atoms with van der Waals surface area (Å²) in [5.74, 6) is -0.879. The van der Waals surface area contributed by atoms with Crippen LogP contribution in [0.15, 0.2) is 30.3 Å². The second kappa shape index (κ2) is 7.59. The maximum atomic E-state index is 14.0. The Bertz CT molecular complexity index is 814. The van der Waals surface area contributed by atoms with Gasteiger partial charge in [0.15, 0.2) is 5.75 Å². The number of H-pyrrole nitrogens is 1. The van der Waals surface area contributed by atoms with Gasteiger partial charge in [0.05, 0.1) is 0 Å². The molecule has 2 amide bonds. The number of aromatic amines is 1. The van der Waals surface area contributed by atoms with Gasteiger partial charge in [-0.15, -0.1) is 0 Å². The van der Waals surface area contributed by atoms with Crippen LogP contribution in [0.5, 0.6) is 5.75 Å². The van der Waals surface area contributed by atoms with Gasteiger partial charge in [0.1, 0.15) is 23.3 Å². The highest BCUT2D eigenvalue weighted by Crippen LogP contribution is 2.28. The third-order valence-corrected chi connectivity index (χ3v) is 4.57. The lowest BCUT2D eigenvalue weighted by atomic mass is 9.93. The van der Waals surface area contributed by atoms with Crippen LogP contribution in [-0.2, 0) is 0 Å². The van der Waals surface area contributed by atoms with Crippen molar-refractivity contribution in [2.45, 2.75) is 38.3 Å². The summed E-state index contributed by atoms with van der Waals surface area (Å²) in [7, 11) is 1.49. The lowest BCUT2D eigenvalue weighted by molar-refractivity contribution is 0.0912. The quantitative estimate of drug-likeness (QED) is 0.741. The van der Waals surface area contributed by atoms with Gasteiger partial charge in [0.25, 0.3) is 11.8 Å². The first-order valence-corrected chi connectivity index (χ1v) is 8.66. The molecule has 0 bridgehead atoms. The lowest BCUT2D eigenvalue weighted by Gasteiger charge is -2.25. The number of carbonyl (C=O) groups is 2. The van der Waals surface area contributed by atoms with Gasteiger partial charge in [-0.05, 0) is 32.3 Å². The van der Waals surface area contributed by atoms with E-state index >= 15 is 0 Å². The predicted molar refractivity (Wildman–Crippen MR) is 94.7 cm³/mol. The molecule has 138 valence electrons. The van der Waals surface area contributed by atoms with Crippen molar-refractivity contribution in [2.24, 2.45) is 0 Å². The van der Waals surface area contributed by atoms with Gasteiger partial charge in [0.2, 0.25) is 0 Å². The zero-order valence-electron chi connectivity index (χ0n) is 14.8. The third-order valence-electron chi connectivity index (χ3n) is 4.57. The Labute approximate surface area is 151 Å². The largest absolute Gasteiger partial charge is 0.483 e. The first-order valence-electron chi connectivity index (χ1n) is 8.66. The zero-order valence-corrected chi connectivity index (χ0v) is 14.8. The molecule has 1 aromatic carbocycles. The normalized spacial score (nSPS) is 15.0. The minimum Gasteiger partial charge on any atom is -0.483 e. The van der Waals surface area contributed by atoms with Crippen LogP contribution in [0.1, 0.15) is 58.8 Å². The van der Waals surface area contributed by atoms with E-state index in [1.165, 1.54) is 19.2 Å². The van der Waals surface area contributed by atoms with Gasteiger partial charge in [-0.2, -0.15) is 0 Å². The van der Waals surface area contributed by atoms with E-state index in [0.29, 0.717) is 5.56 Å². The van der Waals surface area contributed by atoms with E-state index in [2.05, 4.69) is 15.6 Å². The first kappa shape index (κ1) is 18.0. The number of hydrogen-bond donors (Lipinski definition) is 3. The minimum absolute atomic E-state index is 0.134. The summed E-state index contributed by atoms with van der Waals surface area (Å²) in [6, 6.07) is 7.94. The average molecular weight is 359 g/mol. The molecule has 0 radical (unpaired) electrons. The molecule has 7 heteroatoms. The molecule has 6 nitrogen and oxygen atoms in total. The van der Waals surface area contributed by atoms with Gasteiger partial charge in [-0.25, -0.2) is 4.39 Å². The molecule has 3 rings (SSSR count). The monoisotopic (exact) mass is 359 g/mol. The third kappa shape index (κ3) is 3.71. The molecule has 1 unspecified atom stereocenters. The molecule has 1 aliphatic rings. The molecular formula is C19H22FN3O3. The fourth-order valence-corrected chi connectivity index (χ4v) is 2.82. The number of amides is 2. The summed E-state index contributed by atoms with van der Waals surface area (Å²) in [5.41, 5.74) is 0.748. The molecule has 1 aliphatic carbocycles. The summed E-state index contributed by atoms with van der Waals surface area (Å²) in [6.45, 7) is 1.69. The molecule has 1 aromatic heterocycles. The Balaban J connectivity index is 1.83. The first-order chi connectivity index (χ1) is 12.5. The van der Waals surface area contributed by atoms with Crippen LogP contribution < -0.4 is 15.4 Å². The summed E-state index contributed by atoms with van der Waals surface area (Å²) in [4.78, 5) is 27.3. The number of hydrogen-bond acceptors (Lipinski definition) is 3. The SMILES string of the molecule is CNC(=O)c1[nH]c(C(=O)NC2CCC2)cc1OC(C)c1ccccc1F. The highest BCUT2D eigenvalue weighted by atomic mass is 19.1. The second-order valence-electron chi connectivity index (χ2n) is 6.38. The van der Waals surface area contributed by atoms with Crippen molar-refractivity contribution in [3.8, 4) is 5.75 Å². The van der Waals surface area contributed by atoms with Gasteiger partial charge in [-0.1, -0.05) is 18.2 Å². The van der Waals surface area contributed by atoms with Crippen LogP contribution in [-0.4, -0.2) is 29.9 Å². The smallest absolute Gasteiger partial charge is 0.271 e. The van der Waals surface area contributed by atoms with Crippen molar-refractivity contribution >= 4 is 11.8 Å². The summed E-state index contributed by atoms with van der Waals surface area (Å²) >= 11 is 0. The molecule has 1 saturated carbocycles. The van der Waals surface area contributed by atoms with Gasteiger partial charge in [-0.3, -0.25) is 9.59 Å². The van der Waals surface area contributed by atoms with Gasteiger partial charge < -0.3 is 20.4 Å². The number of rotatable bonds is 6. The Hall–Kier alpha value is -2.83. The van der Waals surface area contributed by atoms with E-state index in [1.54, 1.807) is 25.1 Å². The Morgan fingerprint density at radius 2 is 2.00 bits per heavy atom. The molecule has 2 aromatic rings. The van der Waals surface area contributed by atoms with E-state index in [9.17, 15) is 14.0 Å². The van der Waals surface area contributed by atoms with Crippen molar-refractivity contribution in [3.05, 3.63) is 53.1 Å². The predicted octanol–water partition coefficient (Wildman–Crippen LogP) is 2.94. The van der Waals surface area contributed by atoms with Crippen molar-refractivity contribution in [1.29, 1.82) is 0 Å². The van der Waals surface area contributed by atoms with E-state index in [-0.39, 0.29) is 34.9 Å². The summed E-state index contributed by atoms with van der Waals surface area (Å²) in [6.07, 6.45) is 2.40. The molecule has 0 saturated heterocycles. The molecule has 0 spiro atoms. The van der Waals surface area contributed by atoms with Crippen LogP contribution >= 0.6 is 0 Å². The van der Waals surface area contributed by atoms with Gasteiger partial charge >= 0.3 is 0 Å². The molecule has 26 heavy (non-hydrogen) atoms. The van der Waals surface area contributed by atoms with Crippen LogP contribution in [0.3, 0.4) is 0 Å². The van der Waals surface area contributed by atoms with Crippen LogP contribution in [0, 0.1) is 5.82 Å². The summed E-state index contributed by atoms with van der Waals surface area (Å²) < 4.78 is 19.8. The Morgan fingerprint density at radius 3 is 2.62 bits per heavy atom. The summed E-state index contributed by atoms with van der Waals surface area (Å²) in [5, 5.41) is 5.41. The maximum Gasteiger partial charge on any atom is 0.271 e. The van der Waals surface area contributed by atoms with Crippen molar-refractivity contribution in [3.63, 3.8) is 0 Å². The highest BCUT2D eigenvalue weighted by molar-refractivity contribution is 5.99. The molecule has 1 fully saturated rings. The Kier molecular flexibility index (Phi) is 5.25. The second-order valence-corrected chi connectivity index (χ2v) is 6.38. The number of aromatic nitrogens is 1. The topological polar surface area (TPSA) is 83.2 Å². The van der Waals surface area contributed by atoms with Crippen LogP contribution in [0.4, 0.5) is 4.39 Å². The van der Waals surface area contributed by atoms with Gasteiger partial charge in [0, 0.05) is 24.7 Å². The minimum atomic E-state index is -0.627. The van der Waals surface area contributed by atoms with Crippen molar-refractivity contribution < 1.29 is 18.7 Å². The molecule has 3 N–H and O–H groups in total. The molecule has 0 aliphatic heterocycles. The van der Waals surface area contributed by atoms with Crippen LogP contribution in [0.2, 0.25) is 0 Å². The lowest BCUT2D eigenvalue weighted by Crippen LogP contribution is -2.39. The number of carbonyl (C=O) groups excluding carboxylic acids is 2. The zero-order chi connectivity index (χ0) is 18.7. The Morgan fingerprint density at radius 1 is 1.27 bits per heavy atom. The molecule has 1 atom stereocenters. The van der Waals surface area contributed by atoms with Crippen molar-refractivity contribution in [2.75, 3.05) is 7.05 Å². The number of benzene rings is 1. The van der Waals surface area contributed by atoms with Crippen molar-refractivity contribution in [1.82, 2.24) is 15.6 Å². The standard InChI is InChI=1S/C19H22FN3O3/c1-11(13-8-3-4-9-14(13)20)26-16-10-15(23-17(16)19(25)21-2)18(24)22-12-6-5-7-12/h3-4,8-12,23H,5-7H2,1-2H3,(H,21,25)(H,22,24). The number of halogens is 1. The van der Waals surface area contributed by atoms with E-state index in [4.69, 9.17) is 4.74 Å². The van der Waals surface area contributed by atoms with E-state index in [1.807, 2.05) is 0 Å². The average Bonchev–Trinajstić information content (AvgIpc) is 3.01. The van der Waals surface area contributed by atoms with E-state index < -0.39 is 12.0 Å². The number of nitrogens with one attached hydrogen (secondary N) is 3. The molecular weight excluding hydrogens is 337 g/mol. The van der Waals surface area contributed by atoms with Crippen LogP contribution in [0.25, 0.3) is 0 Å². The fraction of sp³-hybridized carbons (Fsp3) is 0.368. The number of ether oxygens (including phenoxy) is 1.